The Morgan fingerprint density at radius 1 is 1.29 bits per heavy atom. The summed E-state index contributed by atoms with van der Waals surface area (Å²) < 4.78 is 32.6. The molecule has 0 saturated carbocycles. The molecule has 0 saturated heterocycles. The van der Waals surface area contributed by atoms with Crippen molar-refractivity contribution in [2.24, 2.45) is 0 Å². The normalized spacial score (nSPS) is 14.4. The number of hydrogen-bond acceptors (Lipinski definition) is 3. The number of nitrogens with one attached hydrogen (secondary N) is 1. The molecule has 0 aromatic heterocycles. The lowest BCUT2D eigenvalue weighted by atomic mass is 10.0. The molecule has 0 aliphatic carbocycles. The second kappa shape index (κ2) is 9.07. The van der Waals surface area contributed by atoms with Gasteiger partial charge in [-0.2, -0.15) is 0 Å². The van der Waals surface area contributed by atoms with Gasteiger partial charge in [0, 0.05) is 31.3 Å². The van der Waals surface area contributed by atoms with E-state index in [0.29, 0.717) is 25.3 Å². The van der Waals surface area contributed by atoms with Crippen molar-refractivity contribution >= 4 is 0 Å². The average Bonchev–Trinajstić information content (AvgIpc) is 2.46. The molecular formula is C16H26F2N2O. The number of methoxy groups -OCH3 is 1. The molecule has 3 nitrogen and oxygen atoms in total. The lowest BCUT2D eigenvalue weighted by molar-refractivity contribution is 0.0954. The van der Waals surface area contributed by atoms with Crippen LogP contribution in [0, 0.1) is 11.6 Å². The van der Waals surface area contributed by atoms with E-state index in [1.807, 2.05) is 6.92 Å². The molecule has 0 amide bonds. The van der Waals surface area contributed by atoms with Crippen LogP contribution in [0.15, 0.2) is 18.2 Å². The van der Waals surface area contributed by atoms with Gasteiger partial charge in [0.2, 0.25) is 0 Å². The van der Waals surface area contributed by atoms with Crippen molar-refractivity contribution in [2.75, 3.05) is 33.4 Å². The highest BCUT2D eigenvalue weighted by Gasteiger charge is 2.22. The van der Waals surface area contributed by atoms with E-state index in [2.05, 4.69) is 24.1 Å². The topological polar surface area (TPSA) is 24.5 Å². The monoisotopic (exact) mass is 300 g/mol. The Hall–Kier alpha value is -1.04. The summed E-state index contributed by atoms with van der Waals surface area (Å²) in [7, 11) is 1.67. The molecule has 1 aromatic rings. The average molecular weight is 300 g/mol. The van der Waals surface area contributed by atoms with Gasteiger partial charge in [0.1, 0.15) is 0 Å². The maximum absolute atomic E-state index is 14.0. The molecule has 0 aliphatic rings. The van der Waals surface area contributed by atoms with Gasteiger partial charge >= 0.3 is 0 Å². The fraction of sp³-hybridized carbons (Fsp3) is 0.625. The molecule has 5 heteroatoms. The molecule has 1 N–H and O–H groups in total. The number of ether oxygens (including phenoxy) is 1. The first-order valence-corrected chi connectivity index (χ1v) is 7.45. The Balaban J connectivity index is 2.92. The number of hydrogen-bond donors (Lipinski definition) is 1. The molecule has 0 spiro atoms. The van der Waals surface area contributed by atoms with Gasteiger partial charge in [0.25, 0.3) is 0 Å². The van der Waals surface area contributed by atoms with E-state index < -0.39 is 11.6 Å². The molecule has 0 aliphatic heterocycles. The van der Waals surface area contributed by atoms with Crippen molar-refractivity contribution in [1.29, 1.82) is 0 Å². The van der Waals surface area contributed by atoms with Crippen LogP contribution in [0.3, 0.4) is 0 Å². The molecule has 2 atom stereocenters. The molecule has 1 aromatic carbocycles. The summed E-state index contributed by atoms with van der Waals surface area (Å²) >= 11 is 0. The quantitative estimate of drug-likeness (QED) is 0.759. The van der Waals surface area contributed by atoms with Crippen molar-refractivity contribution in [3.8, 4) is 0 Å². The van der Waals surface area contributed by atoms with Gasteiger partial charge in [-0.15, -0.1) is 0 Å². The zero-order valence-corrected chi connectivity index (χ0v) is 13.3. The maximum Gasteiger partial charge on any atom is 0.163 e. The third kappa shape index (κ3) is 5.02. The van der Waals surface area contributed by atoms with Crippen LogP contribution in [0.2, 0.25) is 0 Å². The number of benzene rings is 1. The minimum atomic E-state index is -0.802. The first kappa shape index (κ1) is 18.0. The molecule has 0 fully saturated rings. The first-order valence-electron chi connectivity index (χ1n) is 7.45. The standard InChI is InChI=1S/C16H26F2N2O/c1-5-19-15(10-20(6-2)12(3)11-21-4)13-8-7-9-14(17)16(13)18/h7-9,12,15,19H,5-6,10-11H2,1-4H3. The van der Waals surface area contributed by atoms with E-state index in [1.54, 1.807) is 19.2 Å². The smallest absolute Gasteiger partial charge is 0.163 e. The van der Waals surface area contributed by atoms with E-state index in [-0.39, 0.29) is 12.1 Å². The Morgan fingerprint density at radius 3 is 2.57 bits per heavy atom. The van der Waals surface area contributed by atoms with E-state index >= 15 is 0 Å². The summed E-state index contributed by atoms with van der Waals surface area (Å²) in [5, 5.41) is 3.24. The lowest BCUT2D eigenvalue weighted by Gasteiger charge is -2.32. The van der Waals surface area contributed by atoms with Gasteiger partial charge < -0.3 is 10.1 Å². The maximum atomic E-state index is 14.0. The third-order valence-electron chi connectivity index (χ3n) is 3.66. The van der Waals surface area contributed by atoms with Crippen LogP contribution in [0.1, 0.15) is 32.4 Å². The second-order valence-electron chi connectivity index (χ2n) is 5.15. The largest absolute Gasteiger partial charge is 0.383 e. The summed E-state index contributed by atoms with van der Waals surface area (Å²) in [5.74, 6) is -1.57. The van der Waals surface area contributed by atoms with Gasteiger partial charge in [-0.1, -0.05) is 26.0 Å². The molecule has 0 bridgehead atoms. The molecular weight excluding hydrogens is 274 g/mol. The highest BCUT2D eigenvalue weighted by atomic mass is 19.2. The van der Waals surface area contributed by atoms with Gasteiger partial charge in [-0.3, -0.25) is 4.90 Å². The zero-order valence-electron chi connectivity index (χ0n) is 13.3. The highest BCUT2D eigenvalue weighted by Crippen LogP contribution is 2.21. The summed E-state index contributed by atoms with van der Waals surface area (Å²) in [6.45, 7) is 8.81. The van der Waals surface area contributed by atoms with E-state index in [4.69, 9.17) is 4.74 Å². The van der Waals surface area contributed by atoms with Crippen LogP contribution >= 0.6 is 0 Å². The highest BCUT2D eigenvalue weighted by molar-refractivity contribution is 5.23. The van der Waals surface area contributed by atoms with E-state index in [9.17, 15) is 8.78 Å². The van der Waals surface area contributed by atoms with Crippen LogP contribution in [-0.4, -0.2) is 44.3 Å². The predicted molar refractivity (Wildman–Crippen MR) is 81.4 cm³/mol. The molecule has 0 radical (unpaired) electrons. The number of nitrogens with zero attached hydrogens (tertiary/aromatic N) is 1. The van der Waals surface area contributed by atoms with Gasteiger partial charge in [-0.05, 0) is 26.1 Å². The number of halogens is 2. The molecule has 0 heterocycles. The van der Waals surface area contributed by atoms with E-state index in [1.165, 1.54) is 0 Å². The Bertz CT molecular complexity index is 429. The molecule has 1 rings (SSSR count). The van der Waals surface area contributed by atoms with Crippen LogP contribution < -0.4 is 5.32 Å². The van der Waals surface area contributed by atoms with E-state index in [0.717, 1.165) is 12.6 Å². The predicted octanol–water partition coefficient (Wildman–Crippen LogP) is 2.97. The lowest BCUT2D eigenvalue weighted by Crippen LogP contribution is -2.42. The third-order valence-corrected chi connectivity index (χ3v) is 3.66. The molecule has 21 heavy (non-hydrogen) atoms. The van der Waals surface area contributed by atoms with Gasteiger partial charge in [0.15, 0.2) is 11.6 Å². The minimum Gasteiger partial charge on any atom is -0.383 e. The zero-order chi connectivity index (χ0) is 15.8. The van der Waals surface area contributed by atoms with Crippen LogP contribution in [-0.2, 0) is 4.74 Å². The van der Waals surface area contributed by atoms with Gasteiger partial charge in [0.05, 0.1) is 6.61 Å². The van der Waals surface area contributed by atoms with Gasteiger partial charge in [-0.25, -0.2) is 8.78 Å². The van der Waals surface area contributed by atoms with Crippen molar-refractivity contribution < 1.29 is 13.5 Å². The Morgan fingerprint density at radius 2 is 2.00 bits per heavy atom. The van der Waals surface area contributed by atoms with Crippen LogP contribution in [0.5, 0.6) is 0 Å². The SMILES string of the molecule is CCNC(CN(CC)C(C)COC)c1cccc(F)c1F. The van der Waals surface area contributed by atoms with Crippen LogP contribution in [0.25, 0.3) is 0 Å². The number of rotatable bonds is 9. The van der Waals surface area contributed by atoms with Crippen molar-refractivity contribution in [1.82, 2.24) is 10.2 Å². The summed E-state index contributed by atoms with van der Waals surface area (Å²) in [5.41, 5.74) is 0.375. The second-order valence-corrected chi connectivity index (χ2v) is 5.15. The molecule has 2 unspecified atom stereocenters. The van der Waals surface area contributed by atoms with Crippen molar-refractivity contribution in [2.45, 2.75) is 32.9 Å². The summed E-state index contributed by atoms with van der Waals surface area (Å²) in [4.78, 5) is 2.20. The summed E-state index contributed by atoms with van der Waals surface area (Å²) in [6, 6.07) is 4.31. The molecule has 120 valence electrons. The van der Waals surface area contributed by atoms with Crippen molar-refractivity contribution in [3.05, 3.63) is 35.4 Å². The Kier molecular flexibility index (Phi) is 7.78. The number of likely N-dealkylation sites (N-methyl/N-ethyl adjacent to an activating group) is 2. The fourth-order valence-corrected chi connectivity index (χ4v) is 2.51. The first-order chi connectivity index (χ1) is 10.0. The summed E-state index contributed by atoms with van der Waals surface area (Å²) in [6.07, 6.45) is 0. The van der Waals surface area contributed by atoms with Crippen LogP contribution in [0.4, 0.5) is 8.78 Å². The fourth-order valence-electron chi connectivity index (χ4n) is 2.51. The van der Waals surface area contributed by atoms with Crippen molar-refractivity contribution in [3.63, 3.8) is 0 Å². The Labute approximate surface area is 126 Å². The minimum absolute atomic E-state index is 0.220.